The second-order valence-corrected chi connectivity index (χ2v) is 4.79. The molecule has 0 aliphatic rings. The van der Waals surface area contributed by atoms with Crippen LogP contribution in [0.2, 0.25) is 0 Å². The SMILES string of the molecule is OCc1ccc(OCCOc2ccccc2)c(Br)c1. The maximum absolute atomic E-state index is 9.01. The standard InChI is InChI=1S/C15H15BrO3/c16-14-10-12(11-17)6-7-15(14)19-9-8-18-13-4-2-1-3-5-13/h1-7,10,17H,8-9,11H2. The van der Waals surface area contributed by atoms with E-state index >= 15 is 0 Å². The van der Waals surface area contributed by atoms with Crippen LogP contribution in [-0.4, -0.2) is 18.3 Å². The molecule has 0 aliphatic carbocycles. The molecule has 1 N–H and O–H groups in total. The minimum Gasteiger partial charge on any atom is -0.490 e. The van der Waals surface area contributed by atoms with Gasteiger partial charge in [0.25, 0.3) is 0 Å². The van der Waals surface area contributed by atoms with Crippen molar-refractivity contribution in [2.75, 3.05) is 13.2 Å². The van der Waals surface area contributed by atoms with Crippen molar-refractivity contribution in [3.8, 4) is 11.5 Å². The largest absolute Gasteiger partial charge is 0.490 e. The van der Waals surface area contributed by atoms with Crippen molar-refractivity contribution in [2.24, 2.45) is 0 Å². The lowest BCUT2D eigenvalue weighted by Gasteiger charge is -2.10. The second kappa shape index (κ2) is 7.16. The van der Waals surface area contributed by atoms with Gasteiger partial charge in [0.15, 0.2) is 0 Å². The van der Waals surface area contributed by atoms with Crippen molar-refractivity contribution in [1.29, 1.82) is 0 Å². The molecular formula is C15H15BrO3. The summed E-state index contributed by atoms with van der Waals surface area (Å²) in [5.41, 5.74) is 0.847. The van der Waals surface area contributed by atoms with E-state index in [-0.39, 0.29) is 6.61 Å². The molecule has 0 aromatic heterocycles. The lowest BCUT2D eigenvalue weighted by molar-refractivity contribution is 0.216. The van der Waals surface area contributed by atoms with Crippen LogP contribution >= 0.6 is 15.9 Å². The molecule has 0 unspecified atom stereocenters. The molecule has 0 radical (unpaired) electrons. The van der Waals surface area contributed by atoms with Gasteiger partial charge in [-0.3, -0.25) is 0 Å². The number of aliphatic hydroxyl groups excluding tert-OH is 1. The first kappa shape index (κ1) is 13.9. The van der Waals surface area contributed by atoms with E-state index in [0.29, 0.717) is 13.2 Å². The number of rotatable bonds is 6. The summed E-state index contributed by atoms with van der Waals surface area (Å²) in [6.07, 6.45) is 0. The van der Waals surface area contributed by atoms with Crippen LogP contribution in [0.5, 0.6) is 11.5 Å². The van der Waals surface area contributed by atoms with Gasteiger partial charge in [-0.1, -0.05) is 24.3 Å². The van der Waals surface area contributed by atoms with Crippen LogP contribution in [0.15, 0.2) is 53.0 Å². The Morgan fingerprint density at radius 1 is 0.947 bits per heavy atom. The summed E-state index contributed by atoms with van der Waals surface area (Å²) < 4.78 is 12.0. The Bertz CT molecular complexity index is 514. The number of halogens is 1. The van der Waals surface area contributed by atoms with Gasteiger partial charge < -0.3 is 14.6 Å². The third-order valence-corrected chi connectivity index (χ3v) is 3.15. The van der Waals surface area contributed by atoms with Gasteiger partial charge in [-0.2, -0.15) is 0 Å². The molecule has 0 bridgehead atoms. The second-order valence-electron chi connectivity index (χ2n) is 3.93. The number of aliphatic hydroxyl groups is 1. The molecule has 2 aromatic carbocycles. The summed E-state index contributed by atoms with van der Waals surface area (Å²) in [5, 5.41) is 9.01. The summed E-state index contributed by atoms with van der Waals surface area (Å²) in [7, 11) is 0. The van der Waals surface area contributed by atoms with Crippen LogP contribution in [-0.2, 0) is 6.61 Å². The third-order valence-electron chi connectivity index (χ3n) is 2.53. The highest BCUT2D eigenvalue weighted by atomic mass is 79.9. The molecule has 0 heterocycles. The summed E-state index contributed by atoms with van der Waals surface area (Å²) >= 11 is 3.41. The Morgan fingerprint density at radius 3 is 2.37 bits per heavy atom. The Kier molecular flexibility index (Phi) is 5.24. The Labute approximate surface area is 120 Å². The van der Waals surface area contributed by atoms with Crippen LogP contribution < -0.4 is 9.47 Å². The van der Waals surface area contributed by atoms with Gasteiger partial charge in [0, 0.05) is 0 Å². The zero-order valence-electron chi connectivity index (χ0n) is 10.4. The van der Waals surface area contributed by atoms with E-state index in [2.05, 4.69) is 15.9 Å². The van der Waals surface area contributed by atoms with Crippen molar-refractivity contribution in [1.82, 2.24) is 0 Å². The van der Waals surface area contributed by atoms with Crippen molar-refractivity contribution in [2.45, 2.75) is 6.61 Å². The number of hydrogen-bond donors (Lipinski definition) is 1. The van der Waals surface area contributed by atoms with Gasteiger partial charge >= 0.3 is 0 Å². The van der Waals surface area contributed by atoms with E-state index in [1.54, 1.807) is 0 Å². The van der Waals surface area contributed by atoms with Gasteiger partial charge in [0.1, 0.15) is 24.7 Å². The van der Waals surface area contributed by atoms with Gasteiger partial charge in [-0.25, -0.2) is 0 Å². The normalized spacial score (nSPS) is 10.2. The molecule has 0 atom stereocenters. The van der Waals surface area contributed by atoms with Gasteiger partial charge in [0.05, 0.1) is 11.1 Å². The molecule has 19 heavy (non-hydrogen) atoms. The van der Waals surface area contributed by atoms with Gasteiger partial charge in [0.2, 0.25) is 0 Å². The average molecular weight is 323 g/mol. The van der Waals surface area contributed by atoms with Crippen molar-refractivity contribution in [3.63, 3.8) is 0 Å². The van der Waals surface area contributed by atoms with E-state index in [4.69, 9.17) is 14.6 Å². The zero-order chi connectivity index (χ0) is 13.5. The molecule has 0 amide bonds. The molecule has 2 rings (SSSR count). The smallest absolute Gasteiger partial charge is 0.133 e. The van der Waals surface area contributed by atoms with Crippen molar-refractivity contribution in [3.05, 3.63) is 58.6 Å². The fourth-order valence-corrected chi connectivity index (χ4v) is 2.13. The van der Waals surface area contributed by atoms with Gasteiger partial charge in [-0.15, -0.1) is 0 Å². The molecule has 0 fully saturated rings. The van der Waals surface area contributed by atoms with E-state index in [1.165, 1.54) is 0 Å². The molecule has 4 heteroatoms. The van der Waals surface area contributed by atoms with Crippen LogP contribution in [0.3, 0.4) is 0 Å². The minimum atomic E-state index is 0.0238. The molecule has 0 aliphatic heterocycles. The predicted molar refractivity (Wildman–Crippen MR) is 77.5 cm³/mol. The predicted octanol–water partition coefficient (Wildman–Crippen LogP) is 3.40. The van der Waals surface area contributed by atoms with Gasteiger partial charge in [-0.05, 0) is 45.8 Å². The topological polar surface area (TPSA) is 38.7 Å². The van der Waals surface area contributed by atoms with Crippen LogP contribution in [0, 0.1) is 0 Å². The maximum Gasteiger partial charge on any atom is 0.133 e. The summed E-state index contributed by atoms with van der Waals surface area (Å²) in [4.78, 5) is 0. The maximum atomic E-state index is 9.01. The fraction of sp³-hybridized carbons (Fsp3) is 0.200. The first-order chi connectivity index (χ1) is 9.29. The third kappa shape index (κ3) is 4.26. The molecule has 0 saturated heterocycles. The summed E-state index contributed by atoms with van der Waals surface area (Å²) in [6, 6.07) is 15.1. The van der Waals surface area contributed by atoms with E-state index < -0.39 is 0 Å². The molecule has 0 saturated carbocycles. The van der Waals surface area contributed by atoms with Crippen LogP contribution in [0.1, 0.15) is 5.56 Å². The molecule has 3 nitrogen and oxygen atoms in total. The lowest BCUT2D eigenvalue weighted by atomic mass is 10.2. The van der Waals surface area contributed by atoms with Crippen LogP contribution in [0.25, 0.3) is 0 Å². The zero-order valence-corrected chi connectivity index (χ0v) is 12.0. The molecule has 0 spiro atoms. The fourth-order valence-electron chi connectivity index (χ4n) is 1.59. The first-order valence-corrected chi connectivity index (χ1v) is 6.79. The van der Waals surface area contributed by atoms with Crippen molar-refractivity contribution >= 4 is 15.9 Å². The highest BCUT2D eigenvalue weighted by Crippen LogP contribution is 2.26. The summed E-state index contributed by atoms with van der Waals surface area (Å²) in [5.74, 6) is 1.58. The highest BCUT2D eigenvalue weighted by molar-refractivity contribution is 9.10. The molecule has 2 aromatic rings. The quantitative estimate of drug-likeness (QED) is 0.828. The average Bonchev–Trinajstić information content (AvgIpc) is 2.46. The van der Waals surface area contributed by atoms with E-state index in [1.807, 2.05) is 48.5 Å². The first-order valence-electron chi connectivity index (χ1n) is 5.99. The number of ether oxygens (including phenoxy) is 2. The number of benzene rings is 2. The molecular weight excluding hydrogens is 308 g/mol. The Morgan fingerprint density at radius 2 is 1.68 bits per heavy atom. The number of hydrogen-bond acceptors (Lipinski definition) is 3. The highest BCUT2D eigenvalue weighted by Gasteiger charge is 2.02. The monoisotopic (exact) mass is 322 g/mol. The van der Waals surface area contributed by atoms with Crippen LogP contribution in [0.4, 0.5) is 0 Å². The molecule has 100 valence electrons. The lowest BCUT2D eigenvalue weighted by Crippen LogP contribution is -2.09. The Hall–Kier alpha value is -1.52. The Balaban J connectivity index is 1.80. The minimum absolute atomic E-state index is 0.0238. The van der Waals surface area contributed by atoms with Crippen molar-refractivity contribution < 1.29 is 14.6 Å². The van der Waals surface area contributed by atoms with E-state index in [9.17, 15) is 0 Å². The summed E-state index contributed by atoms with van der Waals surface area (Å²) in [6.45, 7) is 0.972. The number of para-hydroxylation sites is 1. The van der Waals surface area contributed by atoms with E-state index in [0.717, 1.165) is 21.5 Å².